The molecular formula is C20H37N5O6. The zero-order valence-corrected chi connectivity index (χ0v) is 18.4. The molecule has 31 heavy (non-hydrogen) atoms. The van der Waals surface area contributed by atoms with Gasteiger partial charge in [-0.05, 0) is 57.5 Å². The molecule has 11 nitrogen and oxygen atoms in total. The van der Waals surface area contributed by atoms with Gasteiger partial charge in [-0.1, -0.05) is 13.8 Å². The number of aliphatic hydroxyl groups is 1. The van der Waals surface area contributed by atoms with Crippen LogP contribution in [0.25, 0.3) is 0 Å². The van der Waals surface area contributed by atoms with E-state index in [1.807, 2.05) is 13.8 Å². The zero-order valence-electron chi connectivity index (χ0n) is 18.4. The van der Waals surface area contributed by atoms with E-state index in [1.54, 1.807) is 0 Å². The highest BCUT2D eigenvalue weighted by molar-refractivity contribution is 5.94. The minimum atomic E-state index is -1.47. The molecule has 0 bridgehead atoms. The topological polar surface area (TPSA) is 183 Å². The average Bonchev–Trinajstić information content (AvgIpc) is 3.25. The Morgan fingerprint density at radius 3 is 2.19 bits per heavy atom. The Hall–Kier alpha value is -2.24. The Morgan fingerprint density at radius 1 is 1.03 bits per heavy atom. The standard InChI is InChI=1S/C20H37N5O6/c1-12(2)10-15(24-17(27)13-7-5-9-22-13)19(29)23-14(6-3-4-8-21)18(28)25-16(11-26)20(30)31/h12-16,22,26H,3-11,21H2,1-2H3,(H,23,29)(H,24,27)(H,25,28)(H,30,31). The predicted molar refractivity (Wildman–Crippen MR) is 114 cm³/mol. The number of rotatable bonds is 14. The molecule has 0 spiro atoms. The number of unbranched alkanes of at least 4 members (excludes halogenated alkanes) is 1. The smallest absolute Gasteiger partial charge is 0.328 e. The summed E-state index contributed by atoms with van der Waals surface area (Å²) in [7, 11) is 0. The summed E-state index contributed by atoms with van der Waals surface area (Å²) in [5, 5.41) is 29.0. The van der Waals surface area contributed by atoms with Gasteiger partial charge in [0.15, 0.2) is 0 Å². The lowest BCUT2D eigenvalue weighted by Gasteiger charge is -2.26. The summed E-state index contributed by atoms with van der Waals surface area (Å²) < 4.78 is 0. The quantitative estimate of drug-likeness (QED) is 0.157. The predicted octanol–water partition coefficient (Wildman–Crippen LogP) is -1.56. The normalized spacial score (nSPS) is 18.8. The lowest BCUT2D eigenvalue weighted by atomic mass is 10.0. The van der Waals surface area contributed by atoms with Gasteiger partial charge in [0.25, 0.3) is 0 Å². The van der Waals surface area contributed by atoms with Gasteiger partial charge >= 0.3 is 5.97 Å². The molecule has 11 heteroatoms. The number of carboxylic acid groups (broad SMARTS) is 1. The molecule has 0 aromatic carbocycles. The molecule has 0 saturated carbocycles. The van der Waals surface area contributed by atoms with Gasteiger partial charge in [0.1, 0.15) is 18.1 Å². The Bertz CT molecular complexity index is 609. The van der Waals surface area contributed by atoms with E-state index in [4.69, 9.17) is 15.9 Å². The fraction of sp³-hybridized carbons (Fsp3) is 0.800. The largest absolute Gasteiger partial charge is 0.480 e. The molecule has 4 atom stereocenters. The van der Waals surface area contributed by atoms with Crippen LogP contribution in [-0.4, -0.2) is 77.8 Å². The molecule has 1 aliphatic rings. The van der Waals surface area contributed by atoms with Crippen molar-refractivity contribution in [3.63, 3.8) is 0 Å². The Kier molecular flexibility index (Phi) is 12.1. The molecule has 1 aliphatic heterocycles. The van der Waals surface area contributed by atoms with Crippen LogP contribution in [0.15, 0.2) is 0 Å². The molecule has 0 aliphatic carbocycles. The van der Waals surface area contributed by atoms with Gasteiger partial charge in [0, 0.05) is 0 Å². The first-order valence-electron chi connectivity index (χ1n) is 10.9. The number of aliphatic hydroxyl groups excluding tert-OH is 1. The fourth-order valence-corrected chi connectivity index (χ4v) is 3.38. The molecule has 178 valence electrons. The van der Waals surface area contributed by atoms with Gasteiger partial charge in [-0.15, -0.1) is 0 Å². The van der Waals surface area contributed by atoms with E-state index in [1.165, 1.54) is 0 Å². The highest BCUT2D eigenvalue weighted by Crippen LogP contribution is 2.10. The van der Waals surface area contributed by atoms with Crippen molar-refractivity contribution >= 4 is 23.7 Å². The van der Waals surface area contributed by atoms with E-state index in [0.717, 1.165) is 13.0 Å². The van der Waals surface area contributed by atoms with Gasteiger partial charge in [-0.25, -0.2) is 4.79 Å². The Morgan fingerprint density at radius 2 is 1.68 bits per heavy atom. The third-order valence-corrected chi connectivity index (χ3v) is 5.09. The molecule has 0 aromatic heterocycles. The van der Waals surface area contributed by atoms with Gasteiger partial charge in [-0.3, -0.25) is 14.4 Å². The van der Waals surface area contributed by atoms with E-state index in [0.29, 0.717) is 32.2 Å². The first kappa shape index (κ1) is 26.8. The minimum absolute atomic E-state index is 0.114. The monoisotopic (exact) mass is 443 g/mol. The SMILES string of the molecule is CC(C)CC(NC(=O)C1CCCN1)C(=O)NC(CCCCN)C(=O)NC(CO)C(=O)O. The summed E-state index contributed by atoms with van der Waals surface area (Å²) in [6, 6.07) is -3.65. The van der Waals surface area contributed by atoms with Crippen molar-refractivity contribution in [2.75, 3.05) is 19.7 Å². The minimum Gasteiger partial charge on any atom is -0.480 e. The number of carbonyl (C=O) groups is 4. The van der Waals surface area contributed by atoms with Crippen LogP contribution in [0.3, 0.4) is 0 Å². The van der Waals surface area contributed by atoms with E-state index in [-0.39, 0.29) is 24.3 Å². The number of nitrogens with one attached hydrogen (secondary N) is 4. The number of hydrogen-bond donors (Lipinski definition) is 7. The van der Waals surface area contributed by atoms with E-state index >= 15 is 0 Å². The molecule has 0 radical (unpaired) electrons. The summed E-state index contributed by atoms with van der Waals surface area (Å²) in [6.45, 7) is 4.23. The van der Waals surface area contributed by atoms with Crippen molar-refractivity contribution in [2.24, 2.45) is 11.7 Å². The number of carboxylic acids is 1. The summed E-state index contributed by atoms with van der Waals surface area (Å²) in [6.07, 6.45) is 3.39. The van der Waals surface area contributed by atoms with Crippen molar-refractivity contribution < 1.29 is 29.4 Å². The third-order valence-electron chi connectivity index (χ3n) is 5.09. The molecule has 1 fully saturated rings. The molecule has 4 unspecified atom stereocenters. The van der Waals surface area contributed by atoms with E-state index in [2.05, 4.69) is 21.3 Å². The van der Waals surface area contributed by atoms with Crippen molar-refractivity contribution in [2.45, 2.75) is 76.5 Å². The van der Waals surface area contributed by atoms with Crippen LogP contribution in [0.5, 0.6) is 0 Å². The van der Waals surface area contributed by atoms with Crippen LogP contribution in [0, 0.1) is 5.92 Å². The summed E-state index contributed by atoms with van der Waals surface area (Å²) in [5.41, 5.74) is 5.50. The zero-order chi connectivity index (χ0) is 23.4. The molecule has 1 rings (SSSR count). The van der Waals surface area contributed by atoms with Crippen molar-refractivity contribution in [1.82, 2.24) is 21.3 Å². The highest BCUT2D eigenvalue weighted by atomic mass is 16.4. The molecule has 8 N–H and O–H groups in total. The van der Waals surface area contributed by atoms with Gasteiger partial charge in [0.2, 0.25) is 17.7 Å². The van der Waals surface area contributed by atoms with Crippen LogP contribution >= 0.6 is 0 Å². The molecule has 1 heterocycles. The molecular weight excluding hydrogens is 406 g/mol. The van der Waals surface area contributed by atoms with Crippen LogP contribution in [0.1, 0.15) is 52.4 Å². The third kappa shape index (κ3) is 9.62. The van der Waals surface area contributed by atoms with Crippen molar-refractivity contribution in [3.05, 3.63) is 0 Å². The number of hydrogen-bond acceptors (Lipinski definition) is 7. The van der Waals surface area contributed by atoms with E-state index < -0.39 is 42.5 Å². The van der Waals surface area contributed by atoms with Gasteiger partial charge in [-0.2, -0.15) is 0 Å². The maximum atomic E-state index is 12.9. The lowest BCUT2D eigenvalue weighted by molar-refractivity contribution is -0.143. The maximum Gasteiger partial charge on any atom is 0.328 e. The average molecular weight is 444 g/mol. The molecule has 1 saturated heterocycles. The second kappa shape index (κ2) is 13.9. The second-order valence-electron chi connectivity index (χ2n) is 8.27. The first-order valence-corrected chi connectivity index (χ1v) is 10.9. The number of nitrogens with two attached hydrogens (primary N) is 1. The van der Waals surface area contributed by atoms with Gasteiger partial charge in [0.05, 0.1) is 12.6 Å². The Balaban J connectivity index is 2.86. The summed E-state index contributed by atoms with van der Waals surface area (Å²) >= 11 is 0. The Labute approximate surface area is 182 Å². The highest BCUT2D eigenvalue weighted by Gasteiger charge is 2.31. The molecule has 3 amide bonds. The van der Waals surface area contributed by atoms with Crippen molar-refractivity contribution in [3.8, 4) is 0 Å². The number of aliphatic carboxylic acids is 1. The second-order valence-corrected chi connectivity index (χ2v) is 8.27. The van der Waals surface area contributed by atoms with Crippen LogP contribution < -0.4 is 27.0 Å². The maximum absolute atomic E-state index is 12.9. The van der Waals surface area contributed by atoms with Crippen LogP contribution in [0.2, 0.25) is 0 Å². The molecule has 0 aromatic rings. The lowest BCUT2D eigenvalue weighted by Crippen LogP contribution is -2.57. The van der Waals surface area contributed by atoms with E-state index in [9.17, 15) is 19.2 Å². The number of amides is 3. The fourth-order valence-electron chi connectivity index (χ4n) is 3.38. The van der Waals surface area contributed by atoms with Gasteiger partial charge < -0.3 is 37.2 Å². The van der Waals surface area contributed by atoms with Crippen molar-refractivity contribution in [1.29, 1.82) is 0 Å². The van der Waals surface area contributed by atoms with Crippen LogP contribution in [0.4, 0.5) is 0 Å². The first-order chi connectivity index (χ1) is 14.7. The summed E-state index contributed by atoms with van der Waals surface area (Å²) in [4.78, 5) is 49.2. The summed E-state index contributed by atoms with van der Waals surface area (Å²) in [5.74, 6) is -2.74. The number of carbonyl (C=O) groups excluding carboxylic acids is 3. The van der Waals surface area contributed by atoms with Crippen LogP contribution in [-0.2, 0) is 19.2 Å².